The normalized spacial score (nSPS) is 18.0. The van der Waals surface area contributed by atoms with Crippen molar-refractivity contribution in [3.63, 3.8) is 0 Å². The molecule has 1 rings (SSSR count). The van der Waals surface area contributed by atoms with E-state index in [1.807, 2.05) is 18.4 Å². The van der Waals surface area contributed by atoms with Crippen molar-refractivity contribution in [1.29, 1.82) is 0 Å². The molecule has 9 heavy (non-hydrogen) atoms. The molecule has 0 aromatic carbocycles. The smallest absolute Gasteiger partial charge is 0.0643 e. The van der Waals surface area contributed by atoms with E-state index < -0.39 is 0 Å². The van der Waals surface area contributed by atoms with Crippen molar-refractivity contribution >= 4 is 15.9 Å². The number of allylic oxidation sites excluding steroid dienone is 2. The van der Waals surface area contributed by atoms with Gasteiger partial charge in [-0.3, -0.25) is 9.90 Å². The fraction of sp³-hybridized carbons (Fsp3) is 0.333. The number of hydrogen-bond acceptors (Lipinski definition) is 2. The summed E-state index contributed by atoms with van der Waals surface area (Å²) in [5.41, 5.74) is 0. The maximum Gasteiger partial charge on any atom is 0.0643 e. The lowest BCUT2D eigenvalue weighted by Gasteiger charge is -2.17. The zero-order chi connectivity index (χ0) is 6.69. The van der Waals surface area contributed by atoms with Crippen LogP contribution in [0.1, 0.15) is 0 Å². The maximum atomic E-state index is 4.92. The van der Waals surface area contributed by atoms with Crippen LogP contribution in [0.25, 0.3) is 0 Å². The average Bonchev–Trinajstić information content (AvgIpc) is 1.90. The Labute approximate surface area is 62.9 Å². The minimum atomic E-state index is 0.813. The molecule has 0 saturated heterocycles. The number of halogens is 1. The Morgan fingerprint density at radius 3 is 3.00 bits per heavy atom. The lowest BCUT2D eigenvalue weighted by atomic mass is 10.4. The second-order valence-corrected chi connectivity index (χ2v) is 2.60. The van der Waals surface area contributed by atoms with Crippen LogP contribution in [-0.4, -0.2) is 18.7 Å². The SMILES string of the molecule is CON1C=CC(Br)=CC1. The predicted octanol–water partition coefficient (Wildman–Crippen LogP) is 1.66. The number of nitrogens with zero attached hydrogens (tertiary/aromatic N) is 1. The molecule has 0 spiro atoms. The quantitative estimate of drug-likeness (QED) is 0.623. The first-order valence-electron chi connectivity index (χ1n) is 2.67. The van der Waals surface area contributed by atoms with E-state index in [0.29, 0.717) is 0 Å². The Morgan fingerprint density at radius 2 is 2.56 bits per heavy atom. The van der Waals surface area contributed by atoms with Crippen LogP contribution in [0.3, 0.4) is 0 Å². The highest BCUT2D eigenvalue weighted by atomic mass is 79.9. The molecule has 0 unspecified atom stereocenters. The van der Waals surface area contributed by atoms with Crippen LogP contribution in [0.5, 0.6) is 0 Å². The minimum absolute atomic E-state index is 0.813. The van der Waals surface area contributed by atoms with Gasteiger partial charge in [0.15, 0.2) is 0 Å². The zero-order valence-corrected chi connectivity index (χ0v) is 6.76. The van der Waals surface area contributed by atoms with Crippen molar-refractivity contribution in [2.24, 2.45) is 0 Å². The zero-order valence-electron chi connectivity index (χ0n) is 5.17. The van der Waals surface area contributed by atoms with E-state index in [9.17, 15) is 0 Å². The van der Waals surface area contributed by atoms with Crippen LogP contribution in [0, 0.1) is 0 Å². The second kappa shape index (κ2) is 3.03. The highest BCUT2D eigenvalue weighted by molar-refractivity contribution is 9.11. The Hall–Kier alpha value is -0.280. The van der Waals surface area contributed by atoms with E-state index in [1.54, 1.807) is 12.2 Å². The topological polar surface area (TPSA) is 12.5 Å². The highest BCUT2D eigenvalue weighted by Gasteiger charge is 1.98. The summed E-state index contributed by atoms with van der Waals surface area (Å²) >= 11 is 3.34. The monoisotopic (exact) mass is 189 g/mol. The molecule has 2 nitrogen and oxygen atoms in total. The van der Waals surface area contributed by atoms with E-state index in [0.717, 1.165) is 11.0 Å². The molecule has 50 valence electrons. The molecular weight excluding hydrogens is 182 g/mol. The molecule has 1 aliphatic heterocycles. The molecule has 0 saturated carbocycles. The van der Waals surface area contributed by atoms with Gasteiger partial charge in [0.1, 0.15) is 0 Å². The number of hydroxylamine groups is 2. The van der Waals surface area contributed by atoms with Crippen molar-refractivity contribution in [1.82, 2.24) is 5.06 Å². The summed E-state index contributed by atoms with van der Waals surface area (Å²) in [6, 6.07) is 0. The Bertz CT molecular complexity index is 153. The van der Waals surface area contributed by atoms with E-state index in [1.165, 1.54) is 0 Å². The van der Waals surface area contributed by atoms with Gasteiger partial charge in [-0.2, -0.15) is 0 Å². The van der Waals surface area contributed by atoms with Crippen molar-refractivity contribution in [3.8, 4) is 0 Å². The molecule has 0 aromatic rings. The summed E-state index contributed by atoms with van der Waals surface area (Å²) in [6.45, 7) is 0.813. The second-order valence-electron chi connectivity index (χ2n) is 1.69. The molecule has 0 atom stereocenters. The van der Waals surface area contributed by atoms with Gasteiger partial charge in [-0.1, -0.05) is 15.9 Å². The molecule has 0 fully saturated rings. The predicted molar refractivity (Wildman–Crippen MR) is 39.9 cm³/mol. The molecule has 0 radical (unpaired) electrons. The van der Waals surface area contributed by atoms with Crippen molar-refractivity contribution in [3.05, 3.63) is 22.8 Å². The van der Waals surface area contributed by atoms with Crippen LogP contribution < -0.4 is 0 Å². The van der Waals surface area contributed by atoms with E-state index in [2.05, 4.69) is 15.9 Å². The first-order valence-corrected chi connectivity index (χ1v) is 3.47. The van der Waals surface area contributed by atoms with E-state index >= 15 is 0 Å². The van der Waals surface area contributed by atoms with Crippen LogP contribution in [0.2, 0.25) is 0 Å². The maximum absolute atomic E-state index is 4.92. The summed E-state index contributed by atoms with van der Waals surface area (Å²) in [6.07, 6.45) is 5.85. The Balaban J connectivity index is 2.48. The third-order valence-electron chi connectivity index (χ3n) is 1.10. The lowest BCUT2D eigenvalue weighted by Crippen LogP contribution is -2.17. The molecule has 0 aliphatic carbocycles. The fourth-order valence-corrected chi connectivity index (χ4v) is 0.859. The molecule has 1 aliphatic rings. The minimum Gasteiger partial charge on any atom is -0.277 e. The first kappa shape index (κ1) is 6.83. The molecule has 0 bridgehead atoms. The van der Waals surface area contributed by atoms with Gasteiger partial charge < -0.3 is 0 Å². The van der Waals surface area contributed by atoms with Gasteiger partial charge in [-0.15, -0.1) is 0 Å². The van der Waals surface area contributed by atoms with Gasteiger partial charge in [0, 0.05) is 10.7 Å². The summed E-state index contributed by atoms with van der Waals surface area (Å²) in [4.78, 5) is 4.92. The largest absolute Gasteiger partial charge is 0.277 e. The third kappa shape index (κ3) is 1.84. The van der Waals surface area contributed by atoms with Crippen molar-refractivity contribution < 1.29 is 4.84 Å². The molecule has 0 N–H and O–H groups in total. The Morgan fingerprint density at radius 1 is 1.78 bits per heavy atom. The van der Waals surface area contributed by atoms with Gasteiger partial charge in [-0.05, 0) is 12.2 Å². The summed E-state index contributed by atoms with van der Waals surface area (Å²) in [5, 5.41) is 1.74. The Kier molecular flexibility index (Phi) is 2.30. The van der Waals surface area contributed by atoms with Gasteiger partial charge in [-0.25, -0.2) is 0 Å². The van der Waals surface area contributed by atoms with E-state index in [4.69, 9.17) is 4.84 Å². The fourth-order valence-electron chi connectivity index (χ4n) is 0.596. The molecular formula is C6H8BrNO. The van der Waals surface area contributed by atoms with Crippen LogP contribution in [-0.2, 0) is 4.84 Å². The van der Waals surface area contributed by atoms with Crippen LogP contribution >= 0.6 is 15.9 Å². The third-order valence-corrected chi connectivity index (χ3v) is 1.69. The van der Waals surface area contributed by atoms with Crippen molar-refractivity contribution in [2.75, 3.05) is 13.7 Å². The van der Waals surface area contributed by atoms with E-state index in [-0.39, 0.29) is 0 Å². The lowest BCUT2D eigenvalue weighted by molar-refractivity contribution is -0.0791. The van der Waals surface area contributed by atoms with Gasteiger partial charge in [0.05, 0.1) is 13.7 Å². The summed E-state index contributed by atoms with van der Waals surface area (Å²) in [7, 11) is 1.65. The van der Waals surface area contributed by atoms with Crippen LogP contribution in [0.4, 0.5) is 0 Å². The van der Waals surface area contributed by atoms with Crippen molar-refractivity contribution in [2.45, 2.75) is 0 Å². The summed E-state index contributed by atoms with van der Waals surface area (Å²) < 4.78 is 1.11. The van der Waals surface area contributed by atoms with Gasteiger partial charge >= 0.3 is 0 Å². The standard InChI is InChI=1S/C6H8BrNO/c1-9-8-4-2-6(7)3-5-8/h2-4H,5H2,1H3. The molecule has 0 amide bonds. The number of hydrogen-bond donors (Lipinski definition) is 0. The molecule has 1 heterocycles. The average molecular weight is 190 g/mol. The highest BCUT2D eigenvalue weighted by Crippen LogP contribution is 2.11. The molecule has 3 heteroatoms. The first-order chi connectivity index (χ1) is 4.33. The van der Waals surface area contributed by atoms with Gasteiger partial charge in [0.25, 0.3) is 0 Å². The molecule has 0 aromatic heterocycles. The van der Waals surface area contributed by atoms with Crippen LogP contribution in [0.15, 0.2) is 22.8 Å². The number of rotatable bonds is 1. The summed E-state index contributed by atoms with van der Waals surface area (Å²) in [5.74, 6) is 0. The van der Waals surface area contributed by atoms with Gasteiger partial charge in [0.2, 0.25) is 0 Å².